The van der Waals surface area contributed by atoms with Gasteiger partial charge in [0.25, 0.3) is 0 Å². The number of carbonyl (C=O) groups excluding carboxylic acids is 1. The Bertz CT molecular complexity index is 1150. The van der Waals surface area contributed by atoms with Crippen molar-refractivity contribution in [2.24, 2.45) is 0 Å². The van der Waals surface area contributed by atoms with Crippen LogP contribution in [0.2, 0.25) is 0 Å². The van der Waals surface area contributed by atoms with Gasteiger partial charge in [-0.1, -0.05) is 30.3 Å². The summed E-state index contributed by atoms with van der Waals surface area (Å²) in [6.07, 6.45) is 0.379. The highest BCUT2D eigenvalue weighted by Gasteiger charge is 2.35. The number of benzene rings is 2. The highest BCUT2D eigenvalue weighted by atomic mass is 32.2. The number of hydrogen-bond donors (Lipinski definition) is 0. The Morgan fingerprint density at radius 3 is 2.52 bits per heavy atom. The fraction of sp³-hybridized carbons (Fsp3) is 0.263. The molecule has 1 aromatic heterocycles. The van der Waals surface area contributed by atoms with Crippen molar-refractivity contribution >= 4 is 32.5 Å². The third-order valence-corrected chi connectivity index (χ3v) is 6.49. The van der Waals surface area contributed by atoms with Crippen LogP contribution in [0.1, 0.15) is 6.42 Å². The molecule has 1 fully saturated rings. The first kappa shape index (κ1) is 17.5. The van der Waals surface area contributed by atoms with Crippen molar-refractivity contribution in [1.82, 2.24) is 4.57 Å². The second kappa shape index (κ2) is 6.70. The molecule has 2 aromatic carbocycles. The monoisotopic (exact) mass is 386 g/mol. The van der Waals surface area contributed by atoms with Crippen molar-refractivity contribution in [3.63, 3.8) is 0 Å². The molecule has 27 heavy (non-hydrogen) atoms. The summed E-state index contributed by atoms with van der Waals surface area (Å²) in [5, 5.41) is 0. The number of nitrogens with zero attached hydrogens (tertiary/aromatic N) is 2. The van der Waals surface area contributed by atoms with E-state index in [2.05, 4.69) is 0 Å². The van der Waals surface area contributed by atoms with E-state index >= 15 is 0 Å². The van der Waals surface area contributed by atoms with Crippen LogP contribution in [-0.4, -0.2) is 36.4 Å². The lowest BCUT2D eigenvalue weighted by Gasteiger charge is -2.28. The predicted octanol–water partition coefficient (Wildman–Crippen LogP) is 1.81. The third kappa shape index (κ3) is 3.40. The highest BCUT2D eigenvalue weighted by Crippen LogP contribution is 2.25. The molecule has 1 saturated heterocycles. The summed E-state index contributed by atoms with van der Waals surface area (Å²) in [7, 11) is -3.17. The first-order chi connectivity index (χ1) is 12.9. The number of carbonyl (C=O) groups is 1. The lowest BCUT2D eigenvalue weighted by atomic mass is 10.1. The van der Waals surface area contributed by atoms with E-state index in [4.69, 9.17) is 4.42 Å². The molecule has 0 unspecified atom stereocenters. The van der Waals surface area contributed by atoms with E-state index in [-0.39, 0.29) is 24.0 Å². The molecule has 8 heteroatoms. The molecule has 0 N–H and O–H groups in total. The van der Waals surface area contributed by atoms with E-state index in [1.807, 2.05) is 6.07 Å². The molecule has 0 radical (unpaired) electrons. The van der Waals surface area contributed by atoms with E-state index in [1.165, 1.54) is 9.47 Å². The van der Waals surface area contributed by atoms with E-state index in [0.29, 0.717) is 23.2 Å². The Morgan fingerprint density at radius 1 is 1.11 bits per heavy atom. The lowest BCUT2D eigenvalue weighted by molar-refractivity contribution is -0.119. The zero-order valence-corrected chi connectivity index (χ0v) is 15.3. The molecule has 1 atom stereocenters. The summed E-state index contributed by atoms with van der Waals surface area (Å²) in [5.74, 6) is -0.981. The van der Waals surface area contributed by atoms with Gasteiger partial charge in [-0.2, -0.15) is 0 Å². The van der Waals surface area contributed by atoms with E-state index < -0.39 is 21.6 Å². The second-order valence-electron chi connectivity index (χ2n) is 6.58. The molecule has 1 amide bonds. The largest absolute Gasteiger partial charge is 0.420 e. The Labute approximate surface area is 155 Å². The number of aromatic nitrogens is 1. The van der Waals surface area contributed by atoms with Crippen LogP contribution in [0.15, 0.2) is 63.8 Å². The minimum atomic E-state index is -3.17. The minimum absolute atomic E-state index is 0.0584. The topological polar surface area (TPSA) is 89.6 Å². The number of rotatable bonds is 4. The number of para-hydroxylation sites is 3. The van der Waals surface area contributed by atoms with Crippen molar-refractivity contribution < 1.29 is 17.6 Å². The molecule has 0 saturated carbocycles. The molecular formula is C19H18N2O5S. The number of sulfone groups is 1. The van der Waals surface area contributed by atoms with Gasteiger partial charge in [0.05, 0.1) is 23.1 Å². The van der Waals surface area contributed by atoms with Gasteiger partial charge in [-0.15, -0.1) is 0 Å². The number of amides is 1. The van der Waals surface area contributed by atoms with E-state index in [1.54, 1.807) is 48.5 Å². The van der Waals surface area contributed by atoms with Gasteiger partial charge in [0.2, 0.25) is 5.91 Å². The first-order valence-electron chi connectivity index (χ1n) is 8.60. The van der Waals surface area contributed by atoms with Crippen LogP contribution in [-0.2, 0) is 21.2 Å². The van der Waals surface area contributed by atoms with Crippen LogP contribution < -0.4 is 10.7 Å². The van der Waals surface area contributed by atoms with Crippen molar-refractivity contribution in [2.75, 3.05) is 16.4 Å². The Hall–Kier alpha value is -2.87. The number of oxazole rings is 1. The summed E-state index contributed by atoms with van der Waals surface area (Å²) < 4.78 is 30.3. The smallest absolute Gasteiger partial charge is 0.408 e. The van der Waals surface area contributed by atoms with Crippen molar-refractivity contribution in [3.8, 4) is 0 Å². The molecule has 2 heterocycles. The minimum Gasteiger partial charge on any atom is -0.408 e. The first-order valence-corrected chi connectivity index (χ1v) is 10.4. The summed E-state index contributed by atoms with van der Waals surface area (Å²) >= 11 is 0. The van der Waals surface area contributed by atoms with Crippen LogP contribution in [0.5, 0.6) is 0 Å². The lowest BCUT2D eigenvalue weighted by Crippen LogP contribution is -2.44. The quantitative estimate of drug-likeness (QED) is 0.682. The molecular weight excluding hydrogens is 368 g/mol. The molecule has 140 valence electrons. The van der Waals surface area contributed by atoms with Gasteiger partial charge >= 0.3 is 5.76 Å². The van der Waals surface area contributed by atoms with Gasteiger partial charge < -0.3 is 9.32 Å². The number of hydrogen-bond acceptors (Lipinski definition) is 5. The Balaban J connectivity index is 1.71. The zero-order chi connectivity index (χ0) is 19.0. The van der Waals surface area contributed by atoms with Crippen molar-refractivity contribution in [2.45, 2.75) is 19.0 Å². The zero-order valence-electron chi connectivity index (χ0n) is 14.4. The maximum Gasteiger partial charge on any atom is 0.420 e. The second-order valence-corrected chi connectivity index (χ2v) is 8.81. The number of anilines is 1. The third-order valence-electron chi connectivity index (χ3n) is 4.74. The van der Waals surface area contributed by atoms with Gasteiger partial charge in [-0.05, 0) is 30.7 Å². The average molecular weight is 386 g/mol. The molecule has 1 aliphatic rings. The molecule has 1 aliphatic heterocycles. The van der Waals surface area contributed by atoms with Gasteiger partial charge in [-0.3, -0.25) is 9.36 Å². The van der Waals surface area contributed by atoms with Crippen LogP contribution in [0, 0.1) is 0 Å². The Morgan fingerprint density at radius 2 is 1.81 bits per heavy atom. The van der Waals surface area contributed by atoms with Crippen molar-refractivity contribution in [3.05, 3.63) is 65.1 Å². The van der Waals surface area contributed by atoms with E-state index in [9.17, 15) is 18.0 Å². The van der Waals surface area contributed by atoms with Crippen LogP contribution >= 0.6 is 0 Å². The van der Waals surface area contributed by atoms with Crippen LogP contribution in [0.3, 0.4) is 0 Å². The van der Waals surface area contributed by atoms with Gasteiger partial charge in [-0.25, -0.2) is 13.2 Å². The normalized spacial score (nSPS) is 18.6. The fourth-order valence-electron chi connectivity index (χ4n) is 3.50. The summed E-state index contributed by atoms with van der Waals surface area (Å²) in [4.78, 5) is 26.8. The van der Waals surface area contributed by atoms with Crippen LogP contribution in [0.25, 0.3) is 11.1 Å². The molecule has 4 rings (SSSR count). The standard InChI is InChI=1S/C19H18N2O5S/c22-18(12-20-16-8-4-5-9-17(16)26-19(20)23)21(14-6-2-1-3-7-14)15-10-11-27(24,25)13-15/h1-9,15H,10-13H2/t15-/m0/s1. The summed E-state index contributed by atoms with van der Waals surface area (Å²) in [6, 6.07) is 15.4. The summed E-state index contributed by atoms with van der Waals surface area (Å²) in [5.41, 5.74) is 1.55. The molecule has 3 aromatic rings. The van der Waals surface area contributed by atoms with Crippen LogP contribution in [0.4, 0.5) is 5.69 Å². The Kier molecular flexibility index (Phi) is 4.35. The summed E-state index contributed by atoms with van der Waals surface area (Å²) in [6.45, 7) is -0.221. The molecule has 0 aliphatic carbocycles. The maximum atomic E-state index is 13.1. The maximum absolute atomic E-state index is 13.1. The molecule has 0 bridgehead atoms. The molecule has 7 nitrogen and oxygen atoms in total. The SMILES string of the molecule is O=C(Cn1c(=O)oc2ccccc21)N(c1ccccc1)[C@H]1CCS(=O)(=O)C1. The number of fused-ring (bicyclic) bond motifs is 1. The van der Waals surface area contributed by atoms with Gasteiger partial charge in [0.1, 0.15) is 6.54 Å². The predicted molar refractivity (Wildman–Crippen MR) is 101 cm³/mol. The molecule has 0 spiro atoms. The fourth-order valence-corrected chi connectivity index (χ4v) is 5.20. The van der Waals surface area contributed by atoms with Gasteiger partial charge in [0.15, 0.2) is 15.4 Å². The van der Waals surface area contributed by atoms with Gasteiger partial charge in [0, 0.05) is 5.69 Å². The van der Waals surface area contributed by atoms with E-state index in [0.717, 1.165) is 0 Å². The van der Waals surface area contributed by atoms with Crippen molar-refractivity contribution in [1.29, 1.82) is 0 Å². The highest BCUT2D eigenvalue weighted by molar-refractivity contribution is 7.91. The average Bonchev–Trinajstić information content (AvgIpc) is 3.15.